The minimum atomic E-state index is -0.728. The van der Waals surface area contributed by atoms with Crippen LogP contribution in [-0.2, 0) is 14.4 Å². The van der Waals surface area contributed by atoms with Crippen LogP contribution in [0.1, 0.15) is 41.0 Å². The third kappa shape index (κ3) is 7.91. The fraction of sp³-hybridized carbons (Fsp3) is 0.128. The smallest absolute Gasteiger partial charge is 0.285 e. The maximum absolute atomic E-state index is 14.1. The number of allylic oxidation sites excluding steroid dienone is 4. The Morgan fingerprint density at radius 1 is 1.02 bits per heavy atom. The summed E-state index contributed by atoms with van der Waals surface area (Å²) in [5.74, 6) is -2.26. The molecule has 0 atom stereocenters. The monoisotopic (exact) mass is 692 g/mol. The Morgan fingerprint density at radius 3 is 2.27 bits per heavy atom. The number of aromatic nitrogens is 1. The van der Waals surface area contributed by atoms with Crippen molar-refractivity contribution in [3.8, 4) is 5.69 Å². The maximum Gasteiger partial charge on any atom is 0.285 e. The molecule has 5 rings (SSSR count). The second-order valence-electron chi connectivity index (χ2n) is 11.1. The number of benzene rings is 3. The lowest BCUT2D eigenvalue weighted by molar-refractivity contribution is -0.126. The van der Waals surface area contributed by atoms with Gasteiger partial charge in [-0.05, 0) is 73.9 Å². The van der Waals surface area contributed by atoms with Gasteiger partial charge in [-0.1, -0.05) is 109 Å². The number of carbonyl (C=O) groups is 3. The van der Waals surface area contributed by atoms with E-state index < -0.39 is 23.7 Å². The third-order valence-corrected chi connectivity index (χ3v) is 9.07. The molecule has 3 amide bonds. The van der Waals surface area contributed by atoms with Crippen molar-refractivity contribution in [3.05, 3.63) is 166 Å². The highest BCUT2D eigenvalue weighted by Crippen LogP contribution is 2.30. The molecule has 0 aliphatic carbocycles. The van der Waals surface area contributed by atoms with Crippen molar-refractivity contribution in [2.45, 2.75) is 26.8 Å². The molecular weight excluding hydrogens is 659 g/mol. The van der Waals surface area contributed by atoms with Crippen molar-refractivity contribution < 1.29 is 18.8 Å². The highest BCUT2D eigenvalue weighted by molar-refractivity contribution is 8.14. The zero-order valence-corrected chi connectivity index (χ0v) is 28.8. The molecule has 3 aromatic carbocycles. The lowest BCUT2D eigenvalue weighted by Gasteiger charge is -2.28. The van der Waals surface area contributed by atoms with Gasteiger partial charge in [-0.2, -0.15) is 4.99 Å². The Labute approximate surface area is 294 Å². The van der Waals surface area contributed by atoms with Gasteiger partial charge in [0, 0.05) is 22.8 Å². The van der Waals surface area contributed by atoms with Gasteiger partial charge >= 0.3 is 0 Å². The van der Waals surface area contributed by atoms with Crippen LogP contribution in [0, 0.1) is 19.7 Å². The van der Waals surface area contributed by atoms with Crippen LogP contribution in [0.2, 0.25) is 5.02 Å². The molecule has 0 unspecified atom stereocenters. The number of hydrogen-bond acceptors (Lipinski definition) is 4. The summed E-state index contributed by atoms with van der Waals surface area (Å²) in [5.41, 5.74) is 4.88. The van der Waals surface area contributed by atoms with Gasteiger partial charge in [0.1, 0.15) is 11.4 Å². The van der Waals surface area contributed by atoms with Crippen LogP contribution in [-0.4, -0.2) is 38.1 Å². The van der Waals surface area contributed by atoms with Gasteiger partial charge < -0.3 is 9.88 Å². The van der Waals surface area contributed by atoms with Gasteiger partial charge in [-0.25, -0.2) is 4.39 Å². The summed E-state index contributed by atoms with van der Waals surface area (Å²) in [6, 6.07) is 25.1. The van der Waals surface area contributed by atoms with Crippen molar-refractivity contribution >= 4 is 52.3 Å². The Morgan fingerprint density at radius 2 is 1.67 bits per heavy atom. The molecule has 4 aromatic rings. The molecule has 2 heterocycles. The third-order valence-electron chi connectivity index (χ3n) is 7.84. The number of nitrogens with zero attached hydrogens (tertiary/aromatic N) is 3. The van der Waals surface area contributed by atoms with E-state index in [-0.39, 0.29) is 27.4 Å². The van der Waals surface area contributed by atoms with E-state index in [0.717, 1.165) is 28.6 Å². The number of nitrogens with one attached hydrogen (secondary N) is 1. The number of carbonyl (C=O) groups excluding carboxylic acids is 3. The summed E-state index contributed by atoms with van der Waals surface area (Å²) in [5, 5.41) is 3.15. The van der Waals surface area contributed by atoms with Crippen molar-refractivity contribution in [1.29, 1.82) is 0 Å². The van der Waals surface area contributed by atoms with E-state index in [1.54, 1.807) is 37.3 Å². The van der Waals surface area contributed by atoms with E-state index in [0.29, 0.717) is 22.6 Å². The largest absolute Gasteiger partial charge is 0.344 e. The number of amidine groups is 1. The molecule has 0 radical (unpaired) electrons. The van der Waals surface area contributed by atoms with Gasteiger partial charge in [0.05, 0.1) is 16.8 Å². The van der Waals surface area contributed by atoms with E-state index in [4.69, 9.17) is 11.6 Å². The highest BCUT2D eigenvalue weighted by Gasteiger charge is 2.35. The average Bonchev–Trinajstić information content (AvgIpc) is 3.39. The molecule has 10 heteroatoms. The van der Waals surface area contributed by atoms with Gasteiger partial charge in [0.25, 0.3) is 11.8 Å². The Balaban J connectivity index is 1.45. The van der Waals surface area contributed by atoms with Crippen molar-refractivity contribution in [3.63, 3.8) is 0 Å². The fourth-order valence-corrected chi connectivity index (χ4v) is 6.49. The second kappa shape index (κ2) is 15.8. The highest BCUT2D eigenvalue weighted by atomic mass is 35.5. The predicted molar refractivity (Wildman–Crippen MR) is 196 cm³/mol. The van der Waals surface area contributed by atoms with Gasteiger partial charge in [-0.15, -0.1) is 0 Å². The topological polar surface area (TPSA) is 83.8 Å². The molecular formula is C39H34ClFN4O3S. The number of hydrogen-bond donors (Lipinski definition) is 1. The predicted octanol–water partition coefficient (Wildman–Crippen LogP) is 8.28. The minimum absolute atomic E-state index is 0.0201. The van der Waals surface area contributed by atoms with E-state index in [9.17, 15) is 18.8 Å². The molecule has 1 aliphatic heterocycles. The van der Waals surface area contributed by atoms with Crippen LogP contribution in [0.5, 0.6) is 0 Å². The van der Waals surface area contributed by atoms with Gasteiger partial charge in [0.2, 0.25) is 5.91 Å². The number of halogens is 2. The molecule has 0 saturated carbocycles. The van der Waals surface area contributed by atoms with E-state index in [2.05, 4.69) is 16.9 Å². The van der Waals surface area contributed by atoms with Gasteiger partial charge in [0.15, 0.2) is 5.17 Å². The zero-order valence-electron chi connectivity index (χ0n) is 27.2. The van der Waals surface area contributed by atoms with Crippen molar-refractivity contribution in [2.24, 2.45) is 4.99 Å². The summed E-state index contributed by atoms with van der Waals surface area (Å²) >= 11 is 7.05. The molecule has 0 fully saturated rings. The first-order valence-corrected chi connectivity index (χ1v) is 16.8. The van der Waals surface area contributed by atoms with E-state index >= 15 is 0 Å². The van der Waals surface area contributed by atoms with E-state index in [1.165, 1.54) is 23.1 Å². The molecule has 1 aromatic heterocycles. The molecule has 1 aliphatic rings. The number of rotatable bonds is 10. The lowest BCUT2D eigenvalue weighted by atomic mass is 9.99. The van der Waals surface area contributed by atoms with E-state index in [1.807, 2.05) is 85.1 Å². The standard InChI is InChI=1S/C39H34ClFN4O3S/c1-5-7-18-30(6-2)45-38(48)32(22-29-21-25(3)44(26(29)4)31-19-20-34(41)33(40)23-31)37(47)43-39(45)49-24-35(46)42-36(27-14-10-8-11-15-27)28-16-12-9-13-17-28/h5-23,36H,1,24H2,2-4H3,(H,42,46)/b18-7-,30-6+,32-22+. The summed E-state index contributed by atoms with van der Waals surface area (Å²) in [4.78, 5) is 46.7. The Kier molecular flexibility index (Phi) is 11.3. The lowest BCUT2D eigenvalue weighted by Crippen LogP contribution is -2.42. The average molecular weight is 693 g/mol. The molecule has 248 valence electrons. The van der Waals surface area contributed by atoms with Gasteiger partial charge in [-0.3, -0.25) is 19.3 Å². The number of aryl methyl sites for hydroxylation is 1. The minimum Gasteiger partial charge on any atom is -0.344 e. The normalized spacial score (nSPS) is 14.6. The molecule has 0 spiro atoms. The van der Waals surface area contributed by atoms with Crippen molar-refractivity contribution in [2.75, 3.05) is 5.75 Å². The second-order valence-corrected chi connectivity index (χ2v) is 12.4. The summed E-state index contributed by atoms with van der Waals surface area (Å²) in [6.45, 7) is 9.17. The number of aliphatic imine (C=N–C) groups is 1. The van der Waals surface area contributed by atoms with Crippen LogP contribution >= 0.6 is 23.4 Å². The summed E-state index contributed by atoms with van der Waals surface area (Å²) < 4.78 is 15.7. The SMILES string of the molecule is C=C/C=C\C(=C/C)N1C(=O)/C(=C/c2cc(C)n(-c3ccc(F)c(Cl)c3)c2C)C(=O)N=C1SCC(=O)NC(c1ccccc1)c1ccccc1. The number of amides is 3. The van der Waals surface area contributed by atoms with Crippen LogP contribution < -0.4 is 5.32 Å². The Hall–Kier alpha value is -5.25. The summed E-state index contributed by atoms with van der Waals surface area (Å²) in [7, 11) is 0. The molecule has 7 nitrogen and oxygen atoms in total. The van der Waals surface area contributed by atoms with Crippen LogP contribution in [0.4, 0.5) is 4.39 Å². The van der Waals surface area contributed by atoms with Crippen molar-refractivity contribution in [1.82, 2.24) is 14.8 Å². The van der Waals surface area contributed by atoms with Crippen LogP contribution in [0.15, 0.2) is 132 Å². The van der Waals surface area contributed by atoms with Crippen LogP contribution in [0.3, 0.4) is 0 Å². The molecule has 49 heavy (non-hydrogen) atoms. The first-order valence-electron chi connectivity index (χ1n) is 15.4. The molecule has 0 bridgehead atoms. The number of thioether (sulfide) groups is 1. The molecule has 1 N–H and O–H groups in total. The maximum atomic E-state index is 14.1. The molecule has 0 saturated heterocycles. The first kappa shape index (κ1) is 35.1. The van der Waals surface area contributed by atoms with Crippen LogP contribution in [0.25, 0.3) is 11.8 Å². The fourth-order valence-electron chi connectivity index (χ4n) is 5.50. The Bertz CT molecular complexity index is 1990. The quantitative estimate of drug-likeness (QED) is 0.103. The zero-order chi connectivity index (χ0) is 35.1. The summed E-state index contributed by atoms with van der Waals surface area (Å²) in [6.07, 6.45) is 8.14. The first-order chi connectivity index (χ1) is 23.6.